The molecule has 2 fully saturated rings. The van der Waals surface area contributed by atoms with E-state index in [1.165, 1.54) is 49.3 Å². The molecule has 0 aliphatic carbocycles. The molecule has 0 saturated carbocycles. The van der Waals surface area contributed by atoms with Gasteiger partial charge >= 0.3 is 5.97 Å². The van der Waals surface area contributed by atoms with Crippen molar-refractivity contribution >= 4 is 57.1 Å². The second kappa shape index (κ2) is 14.3. The standard InChI is InChI=1S/C22H35N5O7S2/c1-11-20(31)27-16-10-36-35-8-6-5-7-15(9-17(28)23-11)34-22(33)14(4)26-19(30)12(2)24-18(29)13(3)25-21(16)32/h11-16H,5-10H2,1-4H3,(H,23,28)(H,24,29)(H,25,32)(H,26,30)(H,27,31). The number of nitrogens with one attached hydrogen (secondary N) is 5. The van der Waals surface area contributed by atoms with Gasteiger partial charge in [-0.3, -0.25) is 24.0 Å². The molecule has 0 aromatic carbocycles. The van der Waals surface area contributed by atoms with E-state index in [1.807, 2.05) is 0 Å². The van der Waals surface area contributed by atoms with Gasteiger partial charge in [-0.05, 0) is 47.0 Å². The van der Waals surface area contributed by atoms with Crippen molar-refractivity contribution in [1.29, 1.82) is 0 Å². The normalized spacial score (nSPS) is 32.7. The molecule has 2 bridgehead atoms. The van der Waals surface area contributed by atoms with Crippen LogP contribution in [-0.4, -0.2) is 83.3 Å². The molecule has 2 saturated heterocycles. The van der Waals surface area contributed by atoms with Crippen molar-refractivity contribution in [3.8, 4) is 0 Å². The molecular weight excluding hydrogens is 510 g/mol. The van der Waals surface area contributed by atoms with Crippen LogP contribution in [0.5, 0.6) is 0 Å². The quantitative estimate of drug-likeness (QED) is 0.196. The summed E-state index contributed by atoms with van der Waals surface area (Å²) in [5.41, 5.74) is 0. The molecular formula is C22H35N5O7S2. The maximum atomic E-state index is 12.9. The molecule has 5 amide bonds. The van der Waals surface area contributed by atoms with Gasteiger partial charge in [-0.25, -0.2) is 4.79 Å². The average Bonchev–Trinajstić information content (AvgIpc) is 2.80. The van der Waals surface area contributed by atoms with Crippen LogP contribution in [0.3, 0.4) is 0 Å². The van der Waals surface area contributed by atoms with Crippen molar-refractivity contribution in [1.82, 2.24) is 26.6 Å². The van der Waals surface area contributed by atoms with Gasteiger partial charge in [0.25, 0.3) is 0 Å². The number of carbonyl (C=O) groups excluding carboxylic acids is 6. The number of esters is 1. The molecule has 36 heavy (non-hydrogen) atoms. The minimum Gasteiger partial charge on any atom is -0.460 e. The molecule has 202 valence electrons. The Labute approximate surface area is 218 Å². The van der Waals surface area contributed by atoms with Crippen LogP contribution in [0.15, 0.2) is 0 Å². The van der Waals surface area contributed by atoms with Crippen LogP contribution in [0.25, 0.3) is 0 Å². The molecule has 12 nitrogen and oxygen atoms in total. The van der Waals surface area contributed by atoms with Gasteiger partial charge < -0.3 is 31.3 Å². The first-order valence-corrected chi connectivity index (χ1v) is 14.4. The molecule has 14 heteroatoms. The topological polar surface area (TPSA) is 172 Å². The lowest BCUT2D eigenvalue weighted by atomic mass is 10.1. The lowest BCUT2D eigenvalue weighted by Gasteiger charge is -2.23. The molecule has 6 atom stereocenters. The van der Waals surface area contributed by atoms with E-state index in [1.54, 1.807) is 0 Å². The summed E-state index contributed by atoms with van der Waals surface area (Å²) in [7, 11) is 2.95. The van der Waals surface area contributed by atoms with Gasteiger partial charge in [0.1, 0.15) is 36.3 Å². The van der Waals surface area contributed by atoms with Crippen LogP contribution >= 0.6 is 21.6 Å². The Morgan fingerprint density at radius 2 is 1.22 bits per heavy atom. The Balaban J connectivity index is 2.36. The smallest absolute Gasteiger partial charge is 0.328 e. The van der Waals surface area contributed by atoms with Gasteiger partial charge in [0.05, 0.1) is 6.42 Å². The SMILES string of the molecule is CC1NC(=O)CC2CCCCSSCC(NC1=O)C(=O)NC(C)C(=O)NC(C)C(=O)NC(C)C(=O)O2. The van der Waals surface area contributed by atoms with Crippen molar-refractivity contribution in [3.05, 3.63) is 0 Å². The summed E-state index contributed by atoms with van der Waals surface area (Å²) in [6.45, 7) is 5.83. The fraction of sp³-hybridized carbons (Fsp3) is 0.727. The summed E-state index contributed by atoms with van der Waals surface area (Å²) in [4.78, 5) is 76.0. The molecule has 0 radical (unpaired) electrons. The number of hydrogen-bond acceptors (Lipinski definition) is 9. The largest absolute Gasteiger partial charge is 0.460 e. The Bertz CT molecular complexity index is 859. The molecule has 0 aromatic rings. The van der Waals surface area contributed by atoms with Crippen molar-refractivity contribution in [2.24, 2.45) is 0 Å². The third-order valence-electron chi connectivity index (χ3n) is 5.64. The van der Waals surface area contributed by atoms with Crippen LogP contribution in [0.4, 0.5) is 0 Å². The van der Waals surface area contributed by atoms with Gasteiger partial charge in [0.2, 0.25) is 29.5 Å². The zero-order valence-electron chi connectivity index (χ0n) is 20.9. The van der Waals surface area contributed by atoms with E-state index in [4.69, 9.17) is 4.74 Å². The molecule has 2 aliphatic rings. The monoisotopic (exact) mass is 545 g/mol. The molecule has 0 spiro atoms. The zero-order valence-corrected chi connectivity index (χ0v) is 22.5. The lowest BCUT2D eigenvalue weighted by Crippen LogP contribution is -2.57. The average molecular weight is 546 g/mol. The first-order chi connectivity index (χ1) is 17.0. The second-order valence-electron chi connectivity index (χ2n) is 8.91. The molecule has 6 unspecified atom stereocenters. The molecule has 2 rings (SSSR count). The fourth-order valence-corrected chi connectivity index (χ4v) is 5.72. The Hall–Kier alpha value is -2.48. The predicted octanol–water partition coefficient (Wildman–Crippen LogP) is -0.629. The maximum absolute atomic E-state index is 12.9. The predicted molar refractivity (Wildman–Crippen MR) is 136 cm³/mol. The number of ether oxygens (including phenoxy) is 1. The van der Waals surface area contributed by atoms with E-state index in [2.05, 4.69) is 26.6 Å². The van der Waals surface area contributed by atoms with E-state index < -0.39 is 71.8 Å². The van der Waals surface area contributed by atoms with Crippen molar-refractivity contribution in [2.45, 2.75) is 89.7 Å². The Kier molecular flexibility index (Phi) is 11.8. The van der Waals surface area contributed by atoms with Crippen LogP contribution in [0, 0.1) is 0 Å². The summed E-state index contributed by atoms with van der Waals surface area (Å²) in [5, 5.41) is 12.8. The number of carbonyl (C=O) groups is 6. The van der Waals surface area contributed by atoms with Crippen LogP contribution in [0.1, 0.15) is 53.4 Å². The minimum absolute atomic E-state index is 0.153. The van der Waals surface area contributed by atoms with Gasteiger partial charge in [-0.15, -0.1) is 0 Å². The fourth-order valence-electron chi connectivity index (χ4n) is 3.41. The van der Waals surface area contributed by atoms with Crippen LogP contribution < -0.4 is 26.6 Å². The highest BCUT2D eigenvalue weighted by atomic mass is 33.1. The van der Waals surface area contributed by atoms with Crippen molar-refractivity contribution < 1.29 is 33.5 Å². The lowest BCUT2D eigenvalue weighted by molar-refractivity contribution is -0.154. The van der Waals surface area contributed by atoms with E-state index in [0.29, 0.717) is 12.8 Å². The van der Waals surface area contributed by atoms with E-state index in [-0.39, 0.29) is 12.2 Å². The Morgan fingerprint density at radius 3 is 1.89 bits per heavy atom. The molecule has 5 N–H and O–H groups in total. The minimum atomic E-state index is -1.02. The van der Waals surface area contributed by atoms with E-state index in [0.717, 1.165) is 12.2 Å². The maximum Gasteiger partial charge on any atom is 0.328 e. The molecule has 0 aromatic heterocycles. The highest BCUT2D eigenvalue weighted by Gasteiger charge is 2.30. The van der Waals surface area contributed by atoms with Gasteiger partial charge in [0.15, 0.2) is 0 Å². The van der Waals surface area contributed by atoms with Gasteiger partial charge in [-0.2, -0.15) is 0 Å². The second-order valence-corrected chi connectivity index (χ2v) is 11.5. The van der Waals surface area contributed by atoms with Gasteiger partial charge in [0, 0.05) is 11.5 Å². The summed E-state index contributed by atoms with van der Waals surface area (Å²) in [6.07, 6.45) is 1.01. The highest BCUT2D eigenvalue weighted by molar-refractivity contribution is 8.76. The van der Waals surface area contributed by atoms with E-state index >= 15 is 0 Å². The van der Waals surface area contributed by atoms with Crippen molar-refractivity contribution in [3.63, 3.8) is 0 Å². The third-order valence-corrected chi connectivity index (χ3v) is 8.14. The molecule has 2 aliphatic heterocycles. The number of fused-ring (bicyclic) bond motifs is 7. The number of amides is 5. The summed E-state index contributed by atoms with van der Waals surface area (Å²) in [5.74, 6) is -2.56. The summed E-state index contributed by atoms with van der Waals surface area (Å²) < 4.78 is 5.54. The zero-order chi connectivity index (χ0) is 26.8. The number of hydrogen-bond donors (Lipinski definition) is 5. The summed E-state index contributed by atoms with van der Waals surface area (Å²) >= 11 is 0. The van der Waals surface area contributed by atoms with Crippen LogP contribution in [0.2, 0.25) is 0 Å². The van der Waals surface area contributed by atoms with E-state index in [9.17, 15) is 28.8 Å². The third kappa shape index (κ3) is 9.52. The highest BCUT2D eigenvalue weighted by Crippen LogP contribution is 2.24. The summed E-state index contributed by atoms with van der Waals surface area (Å²) in [6, 6.07) is -4.92. The first kappa shape index (κ1) is 29.7. The first-order valence-electron chi connectivity index (χ1n) is 11.9. The Morgan fingerprint density at radius 1 is 0.667 bits per heavy atom. The van der Waals surface area contributed by atoms with Crippen LogP contribution in [-0.2, 0) is 33.5 Å². The number of rotatable bonds is 0. The van der Waals surface area contributed by atoms with Gasteiger partial charge in [-0.1, -0.05) is 21.6 Å². The molecule has 2 heterocycles. The van der Waals surface area contributed by atoms with Crippen molar-refractivity contribution in [2.75, 3.05) is 11.5 Å².